The van der Waals surface area contributed by atoms with E-state index in [1.807, 2.05) is 0 Å². The minimum atomic E-state index is -5.19. The van der Waals surface area contributed by atoms with E-state index < -0.39 is 77.4 Å². The first-order chi connectivity index (χ1) is 24.1. The number of methoxy groups -OCH3 is 2. The fourth-order valence-corrected chi connectivity index (χ4v) is 6.00. The van der Waals surface area contributed by atoms with Crippen molar-refractivity contribution >= 4 is 12.1 Å². The Morgan fingerprint density at radius 1 is 0.750 bits per heavy atom. The Morgan fingerprint density at radius 3 is 1.88 bits per heavy atom. The highest BCUT2D eigenvalue weighted by molar-refractivity contribution is 5.91. The van der Waals surface area contributed by atoms with Crippen LogP contribution in [0.5, 0.6) is 5.75 Å². The van der Waals surface area contributed by atoms with Crippen molar-refractivity contribution in [1.82, 2.24) is 4.90 Å². The van der Waals surface area contributed by atoms with E-state index in [9.17, 15) is 49.1 Å². The van der Waals surface area contributed by atoms with Gasteiger partial charge < -0.3 is 14.2 Å². The molecule has 0 radical (unpaired) electrons. The van der Waals surface area contributed by atoms with E-state index in [1.165, 1.54) is 45.4 Å². The first-order valence-electron chi connectivity index (χ1n) is 15.2. The van der Waals surface area contributed by atoms with Crippen molar-refractivity contribution in [2.24, 2.45) is 0 Å². The maximum absolute atomic E-state index is 15.6. The molecule has 0 bridgehead atoms. The van der Waals surface area contributed by atoms with Crippen LogP contribution in [0.3, 0.4) is 0 Å². The second kappa shape index (κ2) is 13.7. The molecule has 1 fully saturated rings. The molecule has 1 amide bonds. The Bertz CT molecular complexity index is 2010. The van der Waals surface area contributed by atoms with Crippen molar-refractivity contribution in [2.75, 3.05) is 14.2 Å². The number of carbonyl (C=O) groups is 2. The monoisotopic (exact) mass is 743 g/mol. The predicted molar refractivity (Wildman–Crippen MR) is 166 cm³/mol. The summed E-state index contributed by atoms with van der Waals surface area (Å²) in [6, 6.07) is 8.57. The number of benzene rings is 4. The second-order valence-corrected chi connectivity index (χ2v) is 11.9. The molecule has 0 unspecified atom stereocenters. The van der Waals surface area contributed by atoms with Gasteiger partial charge >= 0.3 is 30.6 Å². The predicted octanol–water partition coefficient (Wildman–Crippen LogP) is 10.4. The van der Waals surface area contributed by atoms with Gasteiger partial charge in [-0.15, -0.1) is 0 Å². The molecular weight excluding hydrogens is 716 g/mol. The van der Waals surface area contributed by atoms with Gasteiger partial charge in [-0.1, -0.05) is 12.1 Å². The molecule has 0 spiro atoms. The molecule has 1 aliphatic rings. The van der Waals surface area contributed by atoms with Crippen molar-refractivity contribution in [2.45, 2.75) is 51.1 Å². The summed E-state index contributed by atoms with van der Waals surface area (Å²) in [6.45, 7) is 2.19. The Labute approximate surface area is 289 Å². The summed E-state index contributed by atoms with van der Waals surface area (Å²) in [6.07, 6.45) is -18.2. The molecule has 16 heteroatoms. The molecule has 1 aliphatic heterocycles. The number of cyclic esters (lactones) is 1. The van der Waals surface area contributed by atoms with Gasteiger partial charge in [0, 0.05) is 17.2 Å². The summed E-state index contributed by atoms with van der Waals surface area (Å²) < 4.78 is 154. The molecule has 6 nitrogen and oxygen atoms in total. The summed E-state index contributed by atoms with van der Waals surface area (Å²) in [4.78, 5) is 26.0. The van der Waals surface area contributed by atoms with E-state index in [0.717, 1.165) is 23.1 Å². The lowest BCUT2D eigenvalue weighted by Gasteiger charge is -2.24. The zero-order chi connectivity index (χ0) is 38.5. The molecule has 276 valence electrons. The lowest BCUT2D eigenvalue weighted by molar-refractivity contribution is -0.143. The molecule has 4 aromatic carbocycles. The van der Waals surface area contributed by atoms with Gasteiger partial charge in [0.05, 0.1) is 49.1 Å². The Kier molecular flexibility index (Phi) is 10.00. The van der Waals surface area contributed by atoms with Crippen molar-refractivity contribution in [3.05, 3.63) is 111 Å². The van der Waals surface area contributed by atoms with Crippen LogP contribution in [0, 0.1) is 12.7 Å². The number of rotatable bonds is 7. The van der Waals surface area contributed by atoms with Crippen LogP contribution in [0.4, 0.5) is 48.7 Å². The van der Waals surface area contributed by atoms with E-state index in [4.69, 9.17) is 14.2 Å². The number of nitrogens with zero attached hydrogens (tertiary/aromatic N) is 1. The lowest BCUT2D eigenvalue weighted by atomic mass is 9.91. The molecule has 0 aliphatic carbocycles. The van der Waals surface area contributed by atoms with Gasteiger partial charge in [0.25, 0.3) is 0 Å². The summed E-state index contributed by atoms with van der Waals surface area (Å²) in [5, 5.41) is 0. The number of alkyl halides is 9. The van der Waals surface area contributed by atoms with E-state index in [1.54, 1.807) is 6.92 Å². The van der Waals surface area contributed by atoms with E-state index in [2.05, 4.69) is 0 Å². The summed E-state index contributed by atoms with van der Waals surface area (Å²) >= 11 is 0. The molecule has 4 aromatic rings. The Balaban J connectivity index is 1.61. The minimum absolute atomic E-state index is 0.0248. The smallest absolute Gasteiger partial charge is 0.416 e. The molecule has 1 heterocycles. The summed E-state index contributed by atoms with van der Waals surface area (Å²) in [5.41, 5.74) is -4.27. The standard InChI is InChI=1S/C36H27F10NO5/c1-17-9-19(32(48)51-4)5-7-25(17)27-14-28(30(50-3)15-29(27)37)26-8-6-22(34(38,39)40)12-21(26)16-47-18(2)31(52-33(47)49)20-10-23(35(41,42)43)13-24(11-20)36(44,45)46/h5-15,18,31H,16H2,1-4H3/t18-,31-/m0/s1. The zero-order valence-electron chi connectivity index (χ0n) is 27.5. The number of ether oxygens (including phenoxy) is 3. The SMILES string of the molecule is COC(=O)c1ccc(-c2cc(-c3ccc(C(F)(F)F)cc3CN3C(=O)O[C@H](c4cc(C(F)(F)F)cc(C(F)(F)F)c4)[C@@H]3C)c(OC)cc2F)c(C)c1. The number of carbonyl (C=O) groups excluding carboxylic acids is 2. The van der Waals surface area contributed by atoms with E-state index >= 15 is 4.39 Å². The summed E-state index contributed by atoms with van der Waals surface area (Å²) in [5.74, 6) is -1.56. The highest BCUT2D eigenvalue weighted by Gasteiger charge is 2.44. The van der Waals surface area contributed by atoms with Crippen LogP contribution in [0.15, 0.2) is 66.7 Å². The Hall–Kier alpha value is -5.28. The van der Waals surface area contributed by atoms with Gasteiger partial charge in [-0.2, -0.15) is 39.5 Å². The maximum Gasteiger partial charge on any atom is 0.416 e. The number of amides is 1. The number of hydrogen-bond donors (Lipinski definition) is 0. The van der Waals surface area contributed by atoms with Crippen LogP contribution in [-0.4, -0.2) is 37.2 Å². The highest BCUT2D eigenvalue weighted by Crippen LogP contribution is 2.44. The van der Waals surface area contributed by atoms with Gasteiger partial charge in [-0.05, 0) is 90.2 Å². The normalized spacial score (nSPS) is 16.6. The topological polar surface area (TPSA) is 65.1 Å². The fraction of sp³-hybridized carbons (Fsp3) is 0.278. The van der Waals surface area contributed by atoms with Crippen molar-refractivity contribution in [3.63, 3.8) is 0 Å². The Morgan fingerprint density at radius 2 is 1.35 bits per heavy atom. The van der Waals surface area contributed by atoms with Crippen LogP contribution in [0.25, 0.3) is 22.3 Å². The van der Waals surface area contributed by atoms with Crippen molar-refractivity contribution in [3.8, 4) is 28.0 Å². The molecular formula is C36H27F10NO5. The average Bonchev–Trinajstić information content (AvgIpc) is 3.35. The third-order valence-corrected chi connectivity index (χ3v) is 8.62. The summed E-state index contributed by atoms with van der Waals surface area (Å²) in [7, 11) is 2.37. The number of esters is 1. The largest absolute Gasteiger partial charge is 0.496 e. The first-order valence-corrected chi connectivity index (χ1v) is 15.2. The van der Waals surface area contributed by atoms with Gasteiger partial charge in [0.2, 0.25) is 0 Å². The molecule has 5 rings (SSSR count). The highest BCUT2D eigenvalue weighted by atomic mass is 19.4. The quantitative estimate of drug-likeness (QED) is 0.139. The molecule has 1 saturated heterocycles. The second-order valence-electron chi connectivity index (χ2n) is 11.9. The first kappa shape index (κ1) is 38.0. The van der Waals surface area contributed by atoms with Gasteiger partial charge in [0.1, 0.15) is 17.7 Å². The van der Waals surface area contributed by atoms with Gasteiger partial charge in [0.15, 0.2) is 0 Å². The lowest BCUT2D eigenvalue weighted by Crippen LogP contribution is -2.32. The molecule has 2 atom stereocenters. The third kappa shape index (κ3) is 7.51. The van der Waals surface area contributed by atoms with Crippen molar-refractivity contribution < 1.29 is 67.7 Å². The van der Waals surface area contributed by atoms with Crippen LogP contribution in [0.1, 0.15) is 56.8 Å². The fourth-order valence-electron chi connectivity index (χ4n) is 6.00. The van der Waals surface area contributed by atoms with E-state index in [0.29, 0.717) is 29.3 Å². The van der Waals surface area contributed by atoms with Crippen LogP contribution in [-0.2, 0) is 34.5 Å². The van der Waals surface area contributed by atoms with Gasteiger partial charge in [-0.3, -0.25) is 4.90 Å². The zero-order valence-corrected chi connectivity index (χ0v) is 27.5. The van der Waals surface area contributed by atoms with Gasteiger partial charge in [-0.25, -0.2) is 14.0 Å². The molecule has 0 saturated carbocycles. The third-order valence-electron chi connectivity index (χ3n) is 8.62. The number of aryl methyl sites for hydroxylation is 1. The number of halogens is 10. The van der Waals surface area contributed by atoms with Crippen LogP contribution in [0.2, 0.25) is 0 Å². The molecule has 52 heavy (non-hydrogen) atoms. The number of hydrogen-bond acceptors (Lipinski definition) is 5. The van der Waals surface area contributed by atoms with E-state index in [-0.39, 0.29) is 39.6 Å². The van der Waals surface area contributed by atoms with Crippen molar-refractivity contribution in [1.29, 1.82) is 0 Å². The van der Waals surface area contributed by atoms with Crippen LogP contribution >= 0.6 is 0 Å². The maximum atomic E-state index is 15.6. The molecule has 0 N–H and O–H groups in total. The average molecular weight is 744 g/mol. The van der Waals surface area contributed by atoms with Crippen LogP contribution < -0.4 is 4.74 Å². The molecule has 0 aromatic heterocycles. The minimum Gasteiger partial charge on any atom is -0.496 e.